The van der Waals surface area contributed by atoms with Crippen molar-refractivity contribution < 1.29 is 0 Å². The van der Waals surface area contributed by atoms with Gasteiger partial charge in [0.05, 0.1) is 0 Å². The Labute approximate surface area is 145 Å². The van der Waals surface area contributed by atoms with Crippen molar-refractivity contribution in [3.8, 4) is 0 Å². The third kappa shape index (κ3) is 4.11. The van der Waals surface area contributed by atoms with Crippen molar-refractivity contribution in [3.05, 3.63) is 58.7 Å². The minimum atomic E-state index is 0.449. The summed E-state index contributed by atoms with van der Waals surface area (Å²) < 4.78 is 0. The molecule has 23 heavy (non-hydrogen) atoms. The summed E-state index contributed by atoms with van der Waals surface area (Å²) in [6, 6.07) is 12.7. The lowest BCUT2D eigenvalue weighted by atomic mass is 9.98. The van der Waals surface area contributed by atoms with Gasteiger partial charge in [0, 0.05) is 11.4 Å². The molecular formula is C20H26N2S. The van der Waals surface area contributed by atoms with Gasteiger partial charge in [-0.2, -0.15) is 0 Å². The minimum Gasteiger partial charge on any atom is -0.332 e. The van der Waals surface area contributed by atoms with E-state index in [1.807, 2.05) is 0 Å². The van der Waals surface area contributed by atoms with Crippen molar-refractivity contribution in [1.82, 2.24) is 0 Å². The number of anilines is 2. The van der Waals surface area contributed by atoms with Gasteiger partial charge < -0.3 is 10.6 Å². The molecule has 0 aliphatic rings. The van der Waals surface area contributed by atoms with Crippen LogP contribution in [0.2, 0.25) is 0 Å². The number of hydrogen-bond donors (Lipinski definition) is 2. The van der Waals surface area contributed by atoms with Crippen LogP contribution in [0.5, 0.6) is 0 Å². The van der Waals surface area contributed by atoms with E-state index in [0.29, 0.717) is 11.0 Å². The Morgan fingerprint density at radius 2 is 1.52 bits per heavy atom. The molecule has 0 saturated carbocycles. The van der Waals surface area contributed by atoms with Crippen molar-refractivity contribution in [1.29, 1.82) is 0 Å². The number of rotatable bonds is 4. The normalized spacial score (nSPS) is 10.7. The highest BCUT2D eigenvalue weighted by Crippen LogP contribution is 2.28. The Kier molecular flexibility index (Phi) is 5.78. The van der Waals surface area contributed by atoms with Gasteiger partial charge in [-0.15, -0.1) is 0 Å². The molecule has 0 unspecified atom stereocenters. The zero-order chi connectivity index (χ0) is 17.0. The molecule has 0 amide bonds. The van der Waals surface area contributed by atoms with Crippen LogP contribution in [0.3, 0.4) is 0 Å². The molecule has 0 spiro atoms. The van der Waals surface area contributed by atoms with E-state index in [4.69, 9.17) is 12.2 Å². The lowest BCUT2D eigenvalue weighted by Gasteiger charge is -2.20. The predicted molar refractivity (Wildman–Crippen MR) is 106 cm³/mol. The minimum absolute atomic E-state index is 0.449. The van der Waals surface area contributed by atoms with Crippen molar-refractivity contribution in [3.63, 3.8) is 0 Å². The van der Waals surface area contributed by atoms with Crippen LogP contribution in [0.15, 0.2) is 36.4 Å². The molecule has 0 heterocycles. The van der Waals surface area contributed by atoms with Crippen molar-refractivity contribution in [2.75, 3.05) is 10.6 Å². The summed E-state index contributed by atoms with van der Waals surface area (Å²) in [6.07, 6.45) is 0.980. The first-order valence-electron chi connectivity index (χ1n) is 8.20. The van der Waals surface area contributed by atoms with Gasteiger partial charge in [0.2, 0.25) is 0 Å². The van der Waals surface area contributed by atoms with Gasteiger partial charge >= 0.3 is 0 Å². The van der Waals surface area contributed by atoms with Gasteiger partial charge in [-0.05, 0) is 60.7 Å². The molecule has 0 aliphatic carbocycles. The molecule has 2 aromatic rings. The molecule has 0 atom stereocenters. The van der Waals surface area contributed by atoms with E-state index in [1.54, 1.807) is 0 Å². The molecule has 0 aliphatic heterocycles. The highest BCUT2D eigenvalue weighted by molar-refractivity contribution is 7.80. The summed E-state index contributed by atoms with van der Waals surface area (Å²) in [4.78, 5) is 0. The van der Waals surface area contributed by atoms with Crippen molar-refractivity contribution in [2.24, 2.45) is 0 Å². The van der Waals surface area contributed by atoms with E-state index in [0.717, 1.165) is 17.8 Å². The highest BCUT2D eigenvalue weighted by Gasteiger charge is 2.12. The van der Waals surface area contributed by atoms with E-state index < -0.39 is 0 Å². The summed E-state index contributed by atoms with van der Waals surface area (Å²) in [5, 5.41) is 7.44. The van der Waals surface area contributed by atoms with Crippen LogP contribution in [0.4, 0.5) is 11.4 Å². The topological polar surface area (TPSA) is 24.1 Å². The Hall–Kier alpha value is -1.87. The lowest BCUT2D eigenvalue weighted by Crippen LogP contribution is -2.22. The summed E-state index contributed by atoms with van der Waals surface area (Å²) in [5.41, 5.74) is 7.22. The van der Waals surface area contributed by atoms with Gasteiger partial charge in [0.1, 0.15) is 0 Å². The SMILES string of the molecule is CCc1cccc(C)c1NC(=S)Nc1c(C)cccc1C(C)C. The molecule has 0 bridgehead atoms. The average molecular weight is 327 g/mol. The molecular weight excluding hydrogens is 300 g/mol. The first kappa shape index (κ1) is 17.5. The maximum Gasteiger partial charge on any atom is 0.175 e. The van der Waals surface area contributed by atoms with Crippen LogP contribution in [-0.2, 0) is 6.42 Å². The van der Waals surface area contributed by atoms with E-state index >= 15 is 0 Å². The van der Waals surface area contributed by atoms with Gasteiger partial charge in [0.25, 0.3) is 0 Å². The van der Waals surface area contributed by atoms with Crippen molar-refractivity contribution >= 4 is 28.7 Å². The smallest absolute Gasteiger partial charge is 0.175 e. The lowest BCUT2D eigenvalue weighted by molar-refractivity contribution is 0.868. The third-order valence-corrected chi connectivity index (χ3v) is 4.35. The fraction of sp³-hybridized carbons (Fsp3) is 0.350. The first-order valence-corrected chi connectivity index (χ1v) is 8.60. The Morgan fingerprint density at radius 1 is 0.957 bits per heavy atom. The van der Waals surface area contributed by atoms with Crippen LogP contribution in [-0.4, -0.2) is 5.11 Å². The zero-order valence-corrected chi connectivity index (χ0v) is 15.5. The van der Waals surface area contributed by atoms with E-state index in [1.165, 1.54) is 22.3 Å². The van der Waals surface area contributed by atoms with Crippen LogP contribution in [0, 0.1) is 13.8 Å². The largest absolute Gasteiger partial charge is 0.332 e. The molecule has 122 valence electrons. The van der Waals surface area contributed by atoms with Crippen LogP contribution in [0.1, 0.15) is 48.9 Å². The summed E-state index contributed by atoms with van der Waals surface area (Å²) in [6.45, 7) is 10.8. The Balaban J connectivity index is 2.25. The number of hydrogen-bond acceptors (Lipinski definition) is 1. The molecule has 3 heteroatoms. The molecule has 2 aromatic carbocycles. The molecule has 2 nitrogen and oxygen atoms in total. The number of benzene rings is 2. The standard InChI is InChI=1S/C20H26N2S/c1-6-16-11-7-9-14(4)18(16)21-20(23)22-19-15(5)10-8-12-17(19)13(2)3/h7-13H,6H2,1-5H3,(H2,21,22,23). The fourth-order valence-electron chi connectivity index (χ4n) is 2.80. The van der Waals surface area contributed by atoms with Crippen molar-refractivity contribution in [2.45, 2.75) is 47.0 Å². The van der Waals surface area contributed by atoms with Gasteiger partial charge in [0.15, 0.2) is 5.11 Å². The molecule has 0 saturated heterocycles. The predicted octanol–water partition coefficient (Wildman–Crippen LogP) is 5.80. The quantitative estimate of drug-likeness (QED) is 0.695. The number of thiocarbonyl (C=S) groups is 1. The second-order valence-corrected chi connectivity index (χ2v) is 6.64. The second kappa shape index (κ2) is 7.60. The van der Waals surface area contributed by atoms with Gasteiger partial charge in [-0.25, -0.2) is 0 Å². The summed E-state index contributed by atoms with van der Waals surface area (Å²) in [7, 11) is 0. The fourth-order valence-corrected chi connectivity index (χ4v) is 3.01. The zero-order valence-electron chi connectivity index (χ0n) is 14.7. The number of nitrogens with one attached hydrogen (secondary N) is 2. The van der Waals surface area contributed by atoms with Gasteiger partial charge in [-0.3, -0.25) is 0 Å². The molecule has 0 radical (unpaired) electrons. The molecule has 0 aromatic heterocycles. The van der Waals surface area contributed by atoms with Crippen LogP contribution in [0.25, 0.3) is 0 Å². The third-order valence-electron chi connectivity index (χ3n) is 4.14. The maximum absolute atomic E-state index is 5.57. The van der Waals surface area contributed by atoms with Crippen LogP contribution < -0.4 is 10.6 Å². The Morgan fingerprint density at radius 3 is 2.13 bits per heavy atom. The van der Waals surface area contributed by atoms with E-state index in [9.17, 15) is 0 Å². The molecule has 2 rings (SSSR count). The summed E-state index contributed by atoms with van der Waals surface area (Å²) >= 11 is 5.57. The molecule has 2 N–H and O–H groups in total. The first-order chi connectivity index (χ1) is 10.9. The Bertz CT molecular complexity index is 705. The number of para-hydroxylation sites is 2. The summed E-state index contributed by atoms with van der Waals surface area (Å²) in [5.74, 6) is 0.449. The van der Waals surface area contributed by atoms with E-state index in [2.05, 4.69) is 81.7 Å². The number of aryl methyl sites for hydroxylation is 3. The highest BCUT2D eigenvalue weighted by atomic mass is 32.1. The monoisotopic (exact) mass is 326 g/mol. The van der Waals surface area contributed by atoms with Crippen LogP contribution >= 0.6 is 12.2 Å². The second-order valence-electron chi connectivity index (χ2n) is 6.24. The maximum atomic E-state index is 5.57. The van der Waals surface area contributed by atoms with Gasteiger partial charge in [-0.1, -0.05) is 57.2 Å². The average Bonchev–Trinajstić information content (AvgIpc) is 2.51. The van der Waals surface area contributed by atoms with E-state index in [-0.39, 0.29) is 0 Å². The molecule has 0 fully saturated rings.